The molecule has 1 aliphatic rings. The van der Waals surface area contributed by atoms with Crippen molar-refractivity contribution in [3.8, 4) is 0 Å². The van der Waals surface area contributed by atoms with Crippen molar-refractivity contribution in [1.29, 1.82) is 0 Å². The van der Waals surface area contributed by atoms with Crippen LogP contribution in [0.15, 0.2) is 0 Å². The SMILES string of the molecule is NC(=O)O[C@H]1CC[C@H](N)CC1. The molecule has 0 aromatic rings. The van der Waals surface area contributed by atoms with Crippen molar-refractivity contribution in [2.75, 3.05) is 0 Å². The molecule has 0 radical (unpaired) electrons. The van der Waals surface area contributed by atoms with Gasteiger partial charge in [-0.05, 0) is 25.7 Å². The molecule has 4 heteroatoms. The number of carbonyl (C=O) groups is 1. The molecule has 1 saturated carbocycles. The van der Waals surface area contributed by atoms with E-state index < -0.39 is 6.09 Å². The Bertz CT molecular complexity index is 141. The molecular formula is C7H14N2O2. The average Bonchev–Trinajstić information content (AvgIpc) is 1.93. The molecule has 1 aliphatic carbocycles. The van der Waals surface area contributed by atoms with Gasteiger partial charge in [-0.3, -0.25) is 0 Å². The number of rotatable bonds is 1. The van der Waals surface area contributed by atoms with Gasteiger partial charge in [0.1, 0.15) is 6.10 Å². The molecule has 0 unspecified atom stereocenters. The van der Waals surface area contributed by atoms with Gasteiger partial charge in [0.25, 0.3) is 0 Å². The number of ether oxygens (including phenoxy) is 1. The first-order chi connectivity index (χ1) is 5.18. The lowest BCUT2D eigenvalue weighted by molar-refractivity contribution is 0.0791. The molecular weight excluding hydrogens is 144 g/mol. The molecule has 64 valence electrons. The fourth-order valence-electron chi connectivity index (χ4n) is 1.37. The lowest BCUT2D eigenvalue weighted by Gasteiger charge is -2.24. The van der Waals surface area contributed by atoms with Crippen molar-refractivity contribution < 1.29 is 9.53 Å². The maximum absolute atomic E-state index is 10.3. The highest BCUT2D eigenvalue weighted by Crippen LogP contribution is 2.19. The average molecular weight is 158 g/mol. The summed E-state index contributed by atoms with van der Waals surface area (Å²) in [6.45, 7) is 0. The maximum atomic E-state index is 10.3. The molecule has 0 bridgehead atoms. The third-order valence-corrected chi connectivity index (χ3v) is 2.00. The Hall–Kier alpha value is -0.770. The van der Waals surface area contributed by atoms with Gasteiger partial charge in [-0.2, -0.15) is 0 Å². The lowest BCUT2D eigenvalue weighted by atomic mass is 9.94. The van der Waals surface area contributed by atoms with Crippen LogP contribution in [0.2, 0.25) is 0 Å². The number of carbonyl (C=O) groups excluding carboxylic acids is 1. The van der Waals surface area contributed by atoms with Crippen LogP contribution in [0, 0.1) is 0 Å². The summed E-state index contributed by atoms with van der Waals surface area (Å²) in [6.07, 6.45) is 2.89. The van der Waals surface area contributed by atoms with E-state index in [1.54, 1.807) is 0 Å². The standard InChI is InChI=1S/C7H14N2O2/c8-5-1-3-6(4-2-5)11-7(9)10/h5-6H,1-4,8H2,(H2,9,10)/t5-,6-. The second kappa shape index (κ2) is 3.57. The van der Waals surface area contributed by atoms with Crippen LogP contribution in [0.1, 0.15) is 25.7 Å². The van der Waals surface area contributed by atoms with E-state index in [0.717, 1.165) is 25.7 Å². The van der Waals surface area contributed by atoms with Gasteiger partial charge < -0.3 is 16.2 Å². The third kappa shape index (κ3) is 2.76. The highest BCUT2D eigenvalue weighted by molar-refractivity contribution is 5.64. The minimum atomic E-state index is -0.675. The quantitative estimate of drug-likeness (QED) is 0.578. The Labute approximate surface area is 65.9 Å². The van der Waals surface area contributed by atoms with Crippen LogP contribution < -0.4 is 11.5 Å². The molecule has 0 spiro atoms. The fraction of sp³-hybridized carbons (Fsp3) is 0.857. The number of primary amides is 1. The van der Waals surface area contributed by atoms with E-state index in [1.807, 2.05) is 0 Å². The van der Waals surface area contributed by atoms with Gasteiger partial charge in [0, 0.05) is 6.04 Å². The first-order valence-electron chi connectivity index (χ1n) is 3.90. The Morgan fingerprint density at radius 2 is 1.82 bits per heavy atom. The van der Waals surface area contributed by atoms with Crippen molar-refractivity contribution in [3.05, 3.63) is 0 Å². The van der Waals surface area contributed by atoms with Crippen LogP contribution in [0.3, 0.4) is 0 Å². The molecule has 0 aromatic heterocycles. The molecule has 0 heterocycles. The molecule has 0 aliphatic heterocycles. The summed E-state index contributed by atoms with van der Waals surface area (Å²) in [5.74, 6) is 0. The van der Waals surface area contributed by atoms with Crippen LogP contribution >= 0.6 is 0 Å². The zero-order valence-electron chi connectivity index (χ0n) is 6.45. The minimum Gasteiger partial charge on any atom is -0.446 e. The molecule has 4 N–H and O–H groups in total. The van der Waals surface area contributed by atoms with Crippen LogP contribution in [-0.4, -0.2) is 18.2 Å². The van der Waals surface area contributed by atoms with Crippen LogP contribution in [0.5, 0.6) is 0 Å². The van der Waals surface area contributed by atoms with E-state index in [1.165, 1.54) is 0 Å². The number of hydrogen-bond donors (Lipinski definition) is 2. The summed E-state index contributed by atoms with van der Waals surface area (Å²) in [7, 11) is 0. The Morgan fingerprint density at radius 1 is 1.27 bits per heavy atom. The van der Waals surface area contributed by atoms with Crippen molar-refractivity contribution in [3.63, 3.8) is 0 Å². The van der Waals surface area contributed by atoms with E-state index in [-0.39, 0.29) is 12.1 Å². The van der Waals surface area contributed by atoms with E-state index >= 15 is 0 Å². The summed E-state index contributed by atoms with van der Waals surface area (Å²) in [6, 6.07) is 0.280. The van der Waals surface area contributed by atoms with Crippen molar-refractivity contribution in [2.45, 2.75) is 37.8 Å². The van der Waals surface area contributed by atoms with Crippen molar-refractivity contribution in [1.82, 2.24) is 0 Å². The number of nitrogens with two attached hydrogens (primary N) is 2. The molecule has 1 amide bonds. The van der Waals surface area contributed by atoms with E-state index in [4.69, 9.17) is 16.2 Å². The topological polar surface area (TPSA) is 78.3 Å². The van der Waals surface area contributed by atoms with Gasteiger partial charge >= 0.3 is 6.09 Å². The summed E-state index contributed by atoms with van der Waals surface area (Å²) >= 11 is 0. The predicted molar refractivity (Wildman–Crippen MR) is 40.9 cm³/mol. The predicted octanol–water partition coefficient (Wildman–Crippen LogP) is 0.352. The maximum Gasteiger partial charge on any atom is 0.404 e. The first-order valence-corrected chi connectivity index (χ1v) is 3.90. The van der Waals surface area contributed by atoms with Gasteiger partial charge in [-0.1, -0.05) is 0 Å². The smallest absolute Gasteiger partial charge is 0.404 e. The second-order valence-corrected chi connectivity index (χ2v) is 2.97. The first kappa shape index (κ1) is 8.33. The number of amides is 1. The molecule has 0 aromatic carbocycles. The van der Waals surface area contributed by atoms with Crippen LogP contribution in [-0.2, 0) is 4.74 Å². The Morgan fingerprint density at radius 3 is 2.27 bits per heavy atom. The monoisotopic (exact) mass is 158 g/mol. The number of hydrogen-bond acceptors (Lipinski definition) is 3. The van der Waals surface area contributed by atoms with Gasteiger partial charge in [0.2, 0.25) is 0 Å². The van der Waals surface area contributed by atoms with Crippen LogP contribution in [0.4, 0.5) is 4.79 Å². The molecule has 4 nitrogen and oxygen atoms in total. The Balaban J connectivity index is 2.22. The molecule has 1 fully saturated rings. The van der Waals surface area contributed by atoms with Crippen molar-refractivity contribution >= 4 is 6.09 Å². The largest absolute Gasteiger partial charge is 0.446 e. The van der Waals surface area contributed by atoms with Gasteiger partial charge in [0.05, 0.1) is 0 Å². The minimum absolute atomic E-state index is 0.00676. The molecule has 1 rings (SSSR count). The van der Waals surface area contributed by atoms with E-state index in [9.17, 15) is 4.79 Å². The normalized spacial score (nSPS) is 31.4. The highest BCUT2D eigenvalue weighted by atomic mass is 16.6. The zero-order valence-corrected chi connectivity index (χ0v) is 6.45. The summed E-state index contributed by atoms with van der Waals surface area (Å²) in [5, 5.41) is 0. The summed E-state index contributed by atoms with van der Waals surface area (Å²) < 4.78 is 4.82. The lowest BCUT2D eigenvalue weighted by Crippen LogP contribution is -2.32. The molecule has 11 heavy (non-hydrogen) atoms. The third-order valence-electron chi connectivity index (χ3n) is 2.00. The van der Waals surface area contributed by atoms with Crippen LogP contribution in [0.25, 0.3) is 0 Å². The van der Waals surface area contributed by atoms with E-state index in [0.29, 0.717) is 0 Å². The van der Waals surface area contributed by atoms with Crippen molar-refractivity contribution in [2.24, 2.45) is 11.5 Å². The second-order valence-electron chi connectivity index (χ2n) is 2.97. The van der Waals surface area contributed by atoms with Gasteiger partial charge in [-0.25, -0.2) is 4.79 Å². The van der Waals surface area contributed by atoms with Gasteiger partial charge in [-0.15, -0.1) is 0 Å². The van der Waals surface area contributed by atoms with E-state index in [2.05, 4.69) is 0 Å². The molecule has 0 atom stereocenters. The zero-order chi connectivity index (χ0) is 8.27. The molecule has 0 saturated heterocycles. The summed E-state index contributed by atoms with van der Waals surface area (Å²) in [4.78, 5) is 10.3. The van der Waals surface area contributed by atoms with Gasteiger partial charge in [0.15, 0.2) is 0 Å². The Kier molecular flexibility index (Phi) is 2.70. The fourth-order valence-corrected chi connectivity index (χ4v) is 1.37. The highest BCUT2D eigenvalue weighted by Gasteiger charge is 2.20. The summed E-state index contributed by atoms with van der Waals surface area (Å²) in [5.41, 5.74) is 10.5.